The number of likely N-dealkylation sites (tertiary alicyclic amines) is 1. The first kappa shape index (κ1) is 33.1. The van der Waals surface area contributed by atoms with Crippen molar-refractivity contribution in [1.82, 2.24) is 5.32 Å². The standard InChI is InChI=1S/C38H45F3N2O5/c1-3-18-43(23-26-13-8-5-9-14-26)19-17-36-28-15-10-16-32(36)47-34-33(36)27(21-30(28)43)31(45)22-37(34,48-24(2)44)42-35(46)29(38(39,40)41)20-25-11-6-4-7-12-25/h3-4,6-7,11-12,20,22,26,28,30,32,34H,1,5,8-10,13-19,21,23H2,2H3,(H-,42,45,46)/p+1/t28-,30+,32-,34?,36+,37?,43?/m0/s1. The highest BCUT2D eigenvalue weighted by atomic mass is 19.4. The van der Waals surface area contributed by atoms with E-state index in [0.717, 1.165) is 73.9 Å². The van der Waals surface area contributed by atoms with Crippen LogP contribution >= 0.6 is 0 Å². The number of amides is 1. The van der Waals surface area contributed by atoms with E-state index in [1.807, 2.05) is 6.08 Å². The summed E-state index contributed by atoms with van der Waals surface area (Å²) in [5.74, 6) is -1.60. The van der Waals surface area contributed by atoms with Gasteiger partial charge in [-0.05, 0) is 49.0 Å². The average molecular weight is 668 g/mol. The Labute approximate surface area is 280 Å². The third-order valence-electron chi connectivity index (χ3n) is 12.3. The Hall–Kier alpha value is -3.37. The number of esters is 1. The summed E-state index contributed by atoms with van der Waals surface area (Å²) in [5.41, 5.74) is -2.37. The largest absolute Gasteiger partial charge is 0.508 e. The second-order valence-corrected chi connectivity index (χ2v) is 14.9. The third kappa shape index (κ3) is 5.34. The number of hydrogen-bond acceptors (Lipinski definition) is 5. The summed E-state index contributed by atoms with van der Waals surface area (Å²) in [6.07, 6.45) is 7.96. The monoisotopic (exact) mass is 667 g/mol. The van der Waals surface area contributed by atoms with Crippen molar-refractivity contribution >= 4 is 18.0 Å². The van der Waals surface area contributed by atoms with Gasteiger partial charge in [-0.25, -0.2) is 0 Å². The second-order valence-electron chi connectivity index (χ2n) is 14.9. The molecule has 2 aliphatic heterocycles. The SMILES string of the molecule is C=CC[N+]1(CC2CCCCC2)CC[C@@]23C4=C5C[C@@H]1[C@@H]2CCC[C@@H]3OC4C(NC(=O)C(=Cc1ccccc1)C(F)(F)F)(OC(C)=O)C=C5O. The summed E-state index contributed by atoms with van der Waals surface area (Å²) in [6, 6.07) is 7.98. The van der Waals surface area contributed by atoms with Crippen LogP contribution in [-0.4, -0.2) is 71.3 Å². The molecular formula is C38H46F3N2O5+. The van der Waals surface area contributed by atoms with E-state index in [-0.39, 0.29) is 29.4 Å². The number of halogens is 3. The number of allylic oxidation sites excluding steroid dienone is 1. The lowest BCUT2D eigenvalue weighted by molar-refractivity contribution is -0.961. The van der Waals surface area contributed by atoms with E-state index in [2.05, 4.69) is 11.9 Å². The number of quaternary nitrogens is 1. The predicted octanol–water partition coefficient (Wildman–Crippen LogP) is 7.07. The van der Waals surface area contributed by atoms with Crippen molar-refractivity contribution < 1.29 is 41.8 Å². The lowest BCUT2D eigenvalue weighted by Gasteiger charge is -2.63. The Morgan fingerprint density at radius 1 is 1.12 bits per heavy atom. The predicted molar refractivity (Wildman–Crippen MR) is 174 cm³/mol. The summed E-state index contributed by atoms with van der Waals surface area (Å²) in [6.45, 7) is 8.13. The first-order valence-corrected chi connectivity index (χ1v) is 17.6. The quantitative estimate of drug-likeness (QED) is 0.102. The van der Waals surface area contributed by atoms with Crippen molar-refractivity contribution in [3.63, 3.8) is 0 Å². The third-order valence-corrected chi connectivity index (χ3v) is 12.3. The van der Waals surface area contributed by atoms with Crippen LogP contribution in [0, 0.1) is 17.3 Å². The van der Waals surface area contributed by atoms with Gasteiger partial charge in [-0.2, -0.15) is 13.2 Å². The molecule has 48 heavy (non-hydrogen) atoms. The Morgan fingerprint density at radius 2 is 1.88 bits per heavy atom. The number of alkyl halides is 3. The highest BCUT2D eigenvalue weighted by Gasteiger charge is 2.72. The number of nitrogens with zero attached hydrogens (tertiary/aromatic N) is 1. The second kappa shape index (κ2) is 12.2. The molecule has 2 saturated heterocycles. The van der Waals surface area contributed by atoms with Crippen LogP contribution in [0.15, 0.2) is 71.5 Å². The molecule has 1 aromatic carbocycles. The van der Waals surface area contributed by atoms with Crippen LogP contribution in [0.2, 0.25) is 0 Å². The molecule has 2 heterocycles. The van der Waals surface area contributed by atoms with Gasteiger partial charge in [0.2, 0.25) is 5.72 Å². The Morgan fingerprint density at radius 3 is 2.56 bits per heavy atom. The van der Waals surface area contributed by atoms with Gasteiger partial charge in [0.1, 0.15) is 17.4 Å². The summed E-state index contributed by atoms with van der Waals surface area (Å²) in [4.78, 5) is 26.4. The molecular weight excluding hydrogens is 621 g/mol. The molecule has 3 unspecified atom stereocenters. The zero-order chi connectivity index (χ0) is 33.9. The molecule has 2 N–H and O–H groups in total. The van der Waals surface area contributed by atoms with Gasteiger partial charge in [0, 0.05) is 48.7 Å². The summed E-state index contributed by atoms with van der Waals surface area (Å²) < 4.78 is 56.8. The van der Waals surface area contributed by atoms with Crippen LogP contribution in [0.25, 0.3) is 6.08 Å². The lowest BCUT2D eigenvalue weighted by Crippen LogP contribution is -2.71. The molecule has 1 amide bonds. The van der Waals surface area contributed by atoms with E-state index >= 15 is 0 Å². The molecule has 10 heteroatoms. The molecule has 2 saturated carbocycles. The number of piperidine rings is 1. The highest BCUT2D eigenvalue weighted by molar-refractivity contribution is 6.00. The summed E-state index contributed by atoms with van der Waals surface area (Å²) >= 11 is 0. The van der Waals surface area contributed by atoms with E-state index in [0.29, 0.717) is 12.3 Å². The lowest BCUT2D eigenvalue weighted by atomic mass is 9.49. The first-order chi connectivity index (χ1) is 22.9. The molecule has 1 spiro atoms. The van der Waals surface area contributed by atoms with Crippen molar-refractivity contribution in [3.05, 3.63) is 77.1 Å². The normalized spacial score (nSPS) is 36.2. The van der Waals surface area contributed by atoms with Gasteiger partial charge in [-0.1, -0.05) is 62.6 Å². The van der Waals surface area contributed by atoms with Gasteiger partial charge in [0.15, 0.2) is 0 Å². The van der Waals surface area contributed by atoms with E-state index in [1.165, 1.54) is 50.3 Å². The smallest absolute Gasteiger partial charge is 0.421 e. The molecule has 1 aromatic rings. The fourth-order valence-corrected chi connectivity index (χ4v) is 10.7. The molecule has 4 fully saturated rings. The first-order valence-electron chi connectivity index (χ1n) is 17.6. The minimum absolute atomic E-state index is 0.169. The van der Waals surface area contributed by atoms with Crippen molar-refractivity contribution in [2.75, 3.05) is 19.6 Å². The highest BCUT2D eigenvalue weighted by Crippen LogP contribution is 2.68. The molecule has 2 bridgehead atoms. The number of nitrogens with one attached hydrogen (secondary N) is 1. The summed E-state index contributed by atoms with van der Waals surface area (Å²) in [7, 11) is 0. The number of benzene rings is 1. The van der Waals surface area contributed by atoms with E-state index in [4.69, 9.17) is 9.47 Å². The topological polar surface area (TPSA) is 84.9 Å². The maximum absolute atomic E-state index is 14.4. The van der Waals surface area contributed by atoms with E-state index in [1.54, 1.807) is 18.2 Å². The maximum Gasteiger partial charge on any atom is 0.421 e. The van der Waals surface area contributed by atoms with Gasteiger partial charge in [-0.3, -0.25) is 9.59 Å². The van der Waals surface area contributed by atoms with Gasteiger partial charge in [0.25, 0.3) is 5.91 Å². The molecule has 7 atom stereocenters. The number of ether oxygens (including phenoxy) is 2. The summed E-state index contributed by atoms with van der Waals surface area (Å²) in [5, 5.41) is 14.3. The number of carbonyl (C=O) groups is 2. The molecule has 4 aliphatic carbocycles. The van der Waals surface area contributed by atoms with Gasteiger partial charge in [-0.15, -0.1) is 0 Å². The van der Waals surface area contributed by atoms with Crippen LogP contribution in [-0.2, 0) is 19.1 Å². The van der Waals surface area contributed by atoms with Crippen LogP contribution in [0.1, 0.15) is 76.7 Å². The van der Waals surface area contributed by atoms with Crippen molar-refractivity contribution in [2.24, 2.45) is 17.3 Å². The maximum atomic E-state index is 14.4. The van der Waals surface area contributed by atoms with Crippen LogP contribution in [0.4, 0.5) is 13.2 Å². The molecule has 258 valence electrons. The van der Waals surface area contributed by atoms with E-state index in [9.17, 15) is 27.9 Å². The zero-order valence-electron chi connectivity index (χ0n) is 27.6. The molecule has 7 rings (SSSR count). The van der Waals surface area contributed by atoms with Crippen LogP contribution < -0.4 is 5.32 Å². The number of aliphatic hydroxyl groups is 1. The molecule has 0 aromatic heterocycles. The number of aliphatic hydroxyl groups excluding tert-OH is 1. The fourth-order valence-electron chi connectivity index (χ4n) is 10.7. The fraction of sp³-hybridized carbons (Fsp3) is 0.579. The van der Waals surface area contributed by atoms with Crippen molar-refractivity contribution in [1.29, 1.82) is 0 Å². The van der Waals surface area contributed by atoms with Crippen LogP contribution in [0.5, 0.6) is 0 Å². The van der Waals surface area contributed by atoms with Crippen LogP contribution in [0.3, 0.4) is 0 Å². The number of rotatable bonds is 8. The van der Waals surface area contributed by atoms with Gasteiger partial charge in [0.05, 0.1) is 31.8 Å². The van der Waals surface area contributed by atoms with Gasteiger partial charge >= 0.3 is 12.1 Å². The zero-order valence-corrected chi connectivity index (χ0v) is 27.6. The molecule has 0 radical (unpaired) electrons. The molecule has 7 nitrogen and oxygen atoms in total. The Balaban J connectivity index is 1.30. The Bertz CT molecular complexity index is 1560. The number of carbonyl (C=O) groups excluding carboxylic acids is 2. The minimum atomic E-state index is -5.01. The van der Waals surface area contributed by atoms with Crippen molar-refractivity contribution in [2.45, 2.75) is 101 Å². The average Bonchev–Trinajstić information content (AvgIpc) is 3.38. The minimum Gasteiger partial charge on any atom is -0.508 e. The Kier molecular flexibility index (Phi) is 8.42. The van der Waals surface area contributed by atoms with E-state index < -0.39 is 40.9 Å². The number of hydrogen-bond donors (Lipinski definition) is 2. The van der Waals surface area contributed by atoms with Gasteiger partial charge < -0.3 is 24.4 Å². The molecule has 6 aliphatic rings. The van der Waals surface area contributed by atoms with Crippen molar-refractivity contribution in [3.8, 4) is 0 Å².